The third-order valence-corrected chi connectivity index (χ3v) is 3.38. The van der Waals surface area contributed by atoms with Gasteiger partial charge in [0.2, 0.25) is 6.79 Å². The second kappa shape index (κ2) is 5.36. The van der Waals surface area contributed by atoms with Gasteiger partial charge in [0.15, 0.2) is 11.5 Å². The summed E-state index contributed by atoms with van der Waals surface area (Å²) in [5.41, 5.74) is 1.15. The Morgan fingerprint density at radius 2 is 2.00 bits per heavy atom. The Morgan fingerprint density at radius 3 is 2.77 bits per heavy atom. The Labute approximate surface area is 125 Å². The normalized spacial score (nSPS) is 12.0. The number of nitrogens with zero attached hydrogens (tertiary/aromatic N) is 1. The molecule has 7 heteroatoms. The molecule has 2 aromatic carbocycles. The van der Waals surface area contributed by atoms with Crippen molar-refractivity contribution in [3.8, 4) is 11.5 Å². The summed E-state index contributed by atoms with van der Waals surface area (Å²) >= 11 is 0. The number of amides is 1. The van der Waals surface area contributed by atoms with Crippen molar-refractivity contribution in [2.24, 2.45) is 0 Å². The van der Waals surface area contributed by atoms with E-state index in [2.05, 4.69) is 5.32 Å². The molecule has 0 bridgehead atoms. The number of nitro benzene ring substituents is 1. The van der Waals surface area contributed by atoms with Crippen LogP contribution in [0.1, 0.15) is 15.9 Å². The molecule has 112 valence electrons. The fourth-order valence-corrected chi connectivity index (χ4v) is 2.19. The Balaban J connectivity index is 1.86. The molecule has 0 spiro atoms. The molecule has 0 atom stereocenters. The molecule has 22 heavy (non-hydrogen) atoms. The van der Waals surface area contributed by atoms with Gasteiger partial charge in [0.1, 0.15) is 0 Å². The summed E-state index contributed by atoms with van der Waals surface area (Å²) in [6.07, 6.45) is 0. The molecule has 1 aliphatic heterocycles. The van der Waals surface area contributed by atoms with Gasteiger partial charge >= 0.3 is 0 Å². The van der Waals surface area contributed by atoms with Crippen LogP contribution < -0.4 is 14.8 Å². The molecular weight excluding hydrogens is 288 g/mol. The predicted molar refractivity (Wildman–Crippen MR) is 78.4 cm³/mol. The quantitative estimate of drug-likeness (QED) is 0.695. The number of fused-ring (bicyclic) bond motifs is 1. The fraction of sp³-hybridized carbons (Fsp3) is 0.133. The van der Waals surface area contributed by atoms with Crippen molar-refractivity contribution in [3.63, 3.8) is 0 Å². The van der Waals surface area contributed by atoms with Crippen LogP contribution in [-0.2, 0) is 0 Å². The van der Waals surface area contributed by atoms with Gasteiger partial charge in [0.05, 0.1) is 16.2 Å². The smallest absolute Gasteiger partial charge is 0.274 e. The van der Waals surface area contributed by atoms with Crippen molar-refractivity contribution in [2.45, 2.75) is 6.92 Å². The number of benzene rings is 2. The van der Waals surface area contributed by atoms with Gasteiger partial charge in [-0.2, -0.15) is 0 Å². The highest BCUT2D eigenvalue weighted by Gasteiger charge is 2.18. The molecule has 0 unspecified atom stereocenters. The molecule has 0 saturated heterocycles. The average molecular weight is 300 g/mol. The summed E-state index contributed by atoms with van der Waals surface area (Å²) in [7, 11) is 0. The maximum absolute atomic E-state index is 12.3. The SMILES string of the molecule is Cc1c(NC(=O)c2ccc3c(c2)OCO3)cccc1[N+](=O)[O-]. The third kappa shape index (κ3) is 2.44. The number of nitrogens with one attached hydrogen (secondary N) is 1. The molecule has 1 heterocycles. The van der Waals surface area contributed by atoms with Crippen LogP contribution in [0.3, 0.4) is 0 Å². The molecule has 2 aromatic rings. The molecule has 0 fully saturated rings. The van der Waals surface area contributed by atoms with Crippen molar-refractivity contribution >= 4 is 17.3 Å². The standard InChI is InChI=1S/C15H12N2O5/c1-9-11(3-2-4-12(9)17(19)20)16-15(18)10-5-6-13-14(7-10)22-8-21-13/h2-7H,8H2,1H3,(H,16,18). The highest BCUT2D eigenvalue weighted by Crippen LogP contribution is 2.33. The Kier molecular flexibility index (Phi) is 3.38. The van der Waals surface area contributed by atoms with Crippen LogP contribution in [0.5, 0.6) is 11.5 Å². The number of hydrogen-bond acceptors (Lipinski definition) is 5. The number of carbonyl (C=O) groups is 1. The maximum Gasteiger partial charge on any atom is 0.274 e. The van der Waals surface area contributed by atoms with Gasteiger partial charge in [0, 0.05) is 11.6 Å². The molecule has 3 rings (SSSR count). The van der Waals surface area contributed by atoms with Gasteiger partial charge in [-0.1, -0.05) is 6.07 Å². The number of anilines is 1. The first-order chi connectivity index (χ1) is 10.6. The van der Waals surface area contributed by atoms with Crippen LogP contribution in [-0.4, -0.2) is 17.6 Å². The van der Waals surface area contributed by atoms with Crippen molar-refractivity contribution in [2.75, 3.05) is 12.1 Å². The number of ether oxygens (including phenoxy) is 2. The fourth-order valence-electron chi connectivity index (χ4n) is 2.19. The highest BCUT2D eigenvalue weighted by atomic mass is 16.7. The monoisotopic (exact) mass is 300 g/mol. The van der Waals surface area contributed by atoms with Gasteiger partial charge in [-0.3, -0.25) is 14.9 Å². The average Bonchev–Trinajstić information content (AvgIpc) is 2.96. The minimum atomic E-state index is -0.481. The molecule has 0 aromatic heterocycles. The second-order valence-corrected chi connectivity index (χ2v) is 4.73. The molecule has 0 saturated carbocycles. The Hall–Kier alpha value is -3.09. The molecule has 1 amide bonds. The van der Waals surface area contributed by atoms with Gasteiger partial charge in [-0.15, -0.1) is 0 Å². The van der Waals surface area contributed by atoms with E-state index in [4.69, 9.17) is 9.47 Å². The van der Waals surface area contributed by atoms with E-state index in [9.17, 15) is 14.9 Å². The Bertz CT molecular complexity index is 773. The lowest BCUT2D eigenvalue weighted by molar-refractivity contribution is -0.385. The largest absolute Gasteiger partial charge is 0.454 e. The maximum atomic E-state index is 12.3. The van der Waals surface area contributed by atoms with Crippen molar-refractivity contribution in [3.05, 3.63) is 57.6 Å². The molecule has 1 aliphatic rings. The zero-order chi connectivity index (χ0) is 15.7. The Morgan fingerprint density at radius 1 is 1.23 bits per heavy atom. The highest BCUT2D eigenvalue weighted by molar-refractivity contribution is 6.05. The van der Waals surface area contributed by atoms with Crippen molar-refractivity contribution in [1.29, 1.82) is 0 Å². The third-order valence-electron chi connectivity index (χ3n) is 3.38. The predicted octanol–water partition coefficient (Wildman–Crippen LogP) is 2.88. The van der Waals surface area contributed by atoms with E-state index >= 15 is 0 Å². The first kappa shape index (κ1) is 13.9. The summed E-state index contributed by atoms with van der Waals surface area (Å²) in [6.45, 7) is 1.72. The van der Waals surface area contributed by atoms with Gasteiger partial charge in [0.25, 0.3) is 11.6 Å². The van der Waals surface area contributed by atoms with Crippen LogP contribution in [0.4, 0.5) is 11.4 Å². The van der Waals surface area contributed by atoms with Crippen molar-refractivity contribution in [1.82, 2.24) is 0 Å². The first-order valence-corrected chi connectivity index (χ1v) is 6.51. The molecule has 0 radical (unpaired) electrons. The van der Waals surface area contributed by atoms with E-state index in [1.54, 1.807) is 31.2 Å². The molecule has 0 aliphatic carbocycles. The minimum absolute atomic E-state index is 0.0384. The summed E-state index contributed by atoms with van der Waals surface area (Å²) in [4.78, 5) is 22.7. The zero-order valence-electron chi connectivity index (χ0n) is 11.7. The summed E-state index contributed by atoms with van der Waals surface area (Å²) in [5.74, 6) is 0.716. The van der Waals surface area contributed by atoms with Crippen LogP contribution in [0.15, 0.2) is 36.4 Å². The number of rotatable bonds is 3. The van der Waals surface area contributed by atoms with E-state index in [1.807, 2.05) is 0 Å². The van der Waals surface area contributed by atoms with E-state index in [1.165, 1.54) is 12.1 Å². The van der Waals surface area contributed by atoms with Crippen LogP contribution in [0, 0.1) is 17.0 Å². The van der Waals surface area contributed by atoms with Crippen LogP contribution in [0.2, 0.25) is 0 Å². The topological polar surface area (TPSA) is 90.7 Å². The molecular formula is C15H12N2O5. The summed E-state index contributed by atoms with van der Waals surface area (Å²) < 4.78 is 10.4. The summed E-state index contributed by atoms with van der Waals surface area (Å²) in [6, 6.07) is 9.37. The minimum Gasteiger partial charge on any atom is -0.454 e. The van der Waals surface area contributed by atoms with Gasteiger partial charge < -0.3 is 14.8 Å². The van der Waals surface area contributed by atoms with Crippen LogP contribution in [0.25, 0.3) is 0 Å². The first-order valence-electron chi connectivity index (χ1n) is 6.51. The van der Waals surface area contributed by atoms with E-state index in [-0.39, 0.29) is 18.4 Å². The van der Waals surface area contributed by atoms with E-state index in [0.717, 1.165) is 0 Å². The van der Waals surface area contributed by atoms with Crippen LogP contribution >= 0.6 is 0 Å². The number of carbonyl (C=O) groups excluding carboxylic acids is 1. The van der Waals surface area contributed by atoms with Gasteiger partial charge in [-0.05, 0) is 31.2 Å². The van der Waals surface area contributed by atoms with E-state index < -0.39 is 4.92 Å². The van der Waals surface area contributed by atoms with Gasteiger partial charge in [-0.25, -0.2) is 0 Å². The lowest BCUT2D eigenvalue weighted by Crippen LogP contribution is -2.13. The molecule has 1 N–H and O–H groups in total. The lowest BCUT2D eigenvalue weighted by Gasteiger charge is -2.09. The number of hydrogen-bond donors (Lipinski definition) is 1. The molecule has 7 nitrogen and oxygen atoms in total. The lowest BCUT2D eigenvalue weighted by atomic mass is 10.1. The zero-order valence-corrected chi connectivity index (χ0v) is 11.7. The number of nitro groups is 1. The second-order valence-electron chi connectivity index (χ2n) is 4.73. The summed E-state index contributed by atoms with van der Waals surface area (Å²) in [5, 5.41) is 13.6. The van der Waals surface area contributed by atoms with Crippen molar-refractivity contribution < 1.29 is 19.2 Å². The van der Waals surface area contributed by atoms with E-state index in [0.29, 0.717) is 28.3 Å².